The first-order valence-corrected chi connectivity index (χ1v) is 6.57. The summed E-state index contributed by atoms with van der Waals surface area (Å²) in [7, 11) is 0. The first kappa shape index (κ1) is 15.6. The van der Waals surface area contributed by atoms with Crippen LogP contribution in [0.4, 0.5) is 13.2 Å². The summed E-state index contributed by atoms with van der Waals surface area (Å²) in [5.74, 6) is -0.379. The van der Waals surface area contributed by atoms with Crippen LogP contribution in [-0.4, -0.2) is 45.9 Å². The van der Waals surface area contributed by atoms with Gasteiger partial charge in [0.1, 0.15) is 5.75 Å². The molecule has 116 valence electrons. The first-order chi connectivity index (χ1) is 9.73. The highest BCUT2D eigenvalue weighted by Crippen LogP contribution is 2.38. The second kappa shape index (κ2) is 5.55. The van der Waals surface area contributed by atoms with E-state index in [2.05, 4.69) is 0 Å². The Morgan fingerprint density at radius 2 is 1.81 bits per heavy atom. The van der Waals surface area contributed by atoms with E-state index in [0.29, 0.717) is 5.56 Å². The van der Waals surface area contributed by atoms with Crippen molar-refractivity contribution in [2.45, 2.75) is 31.0 Å². The van der Waals surface area contributed by atoms with Gasteiger partial charge in [-0.05, 0) is 6.07 Å². The maximum atomic E-state index is 12.7. The molecule has 2 rings (SSSR count). The minimum Gasteiger partial charge on any atom is -0.508 e. The molecule has 0 bridgehead atoms. The number of phenols is 1. The van der Waals surface area contributed by atoms with Gasteiger partial charge in [0.25, 0.3) is 0 Å². The number of nitrogens with zero attached hydrogens (tertiary/aromatic N) is 1. The molecule has 7 heteroatoms. The van der Waals surface area contributed by atoms with Gasteiger partial charge in [0.05, 0.1) is 6.42 Å². The minimum atomic E-state index is -4.68. The zero-order valence-corrected chi connectivity index (χ0v) is 11.2. The van der Waals surface area contributed by atoms with Crippen LogP contribution in [0.1, 0.15) is 18.4 Å². The van der Waals surface area contributed by atoms with E-state index in [-0.39, 0.29) is 31.2 Å². The van der Waals surface area contributed by atoms with E-state index < -0.39 is 24.6 Å². The molecule has 0 atom stereocenters. The van der Waals surface area contributed by atoms with E-state index >= 15 is 0 Å². The molecule has 21 heavy (non-hydrogen) atoms. The number of carbonyl (C=O) groups excluding carboxylic acids is 1. The molecule has 0 aliphatic carbocycles. The van der Waals surface area contributed by atoms with Gasteiger partial charge >= 0.3 is 6.18 Å². The fourth-order valence-corrected chi connectivity index (χ4v) is 2.34. The lowest BCUT2D eigenvalue weighted by Crippen LogP contribution is -2.54. The number of carbonyl (C=O) groups is 1. The molecule has 1 aliphatic rings. The van der Waals surface area contributed by atoms with Crippen molar-refractivity contribution in [3.63, 3.8) is 0 Å². The second-order valence-corrected chi connectivity index (χ2v) is 5.22. The number of halogens is 3. The predicted molar refractivity (Wildman–Crippen MR) is 68.6 cm³/mol. The Hall–Kier alpha value is -1.76. The van der Waals surface area contributed by atoms with Crippen LogP contribution in [0.25, 0.3) is 0 Å². The molecule has 0 saturated carbocycles. The van der Waals surface area contributed by atoms with E-state index in [1.807, 2.05) is 0 Å². The number of para-hydroxylation sites is 1. The molecule has 1 aliphatic heterocycles. The second-order valence-electron chi connectivity index (χ2n) is 5.22. The number of phenolic OH excluding ortho intramolecular Hbond substituents is 1. The van der Waals surface area contributed by atoms with Gasteiger partial charge in [-0.25, -0.2) is 0 Å². The predicted octanol–water partition coefficient (Wildman–Crippen LogP) is 1.85. The molecule has 0 radical (unpaired) electrons. The van der Waals surface area contributed by atoms with Crippen LogP contribution in [0.3, 0.4) is 0 Å². The van der Waals surface area contributed by atoms with E-state index in [4.69, 9.17) is 0 Å². The van der Waals surface area contributed by atoms with Crippen LogP contribution in [0, 0.1) is 0 Å². The quantitative estimate of drug-likeness (QED) is 0.876. The van der Waals surface area contributed by atoms with Crippen molar-refractivity contribution in [2.75, 3.05) is 13.1 Å². The number of piperidine rings is 1. The zero-order valence-electron chi connectivity index (χ0n) is 11.2. The number of aliphatic hydroxyl groups is 1. The fraction of sp³-hybridized carbons (Fsp3) is 0.500. The molecule has 0 unspecified atom stereocenters. The summed E-state index contributed by atoms with van der Waals surface area (Å²) in [5, 5.41) is 19.1. The number of aromatic hydroxyl groups is 1. The van der Waals surface area contributed by atoms with Gasteiger partial charge in [-0.3, -0.25) is 4.79 Å². The van der Waals surface area contributed by atoms with Crippen LogP contribution in [0.2, 0.25) is 0 Å². The average Bonchev–Trinajstić information content (AvgIpc) is 2.41. The van der Waals surface area contributed by atoms with Gasteiger partial charge in [0.15, 0.2) is 5.60 Å². The van der Waals surface area contributed by atoms with Gasteiger partial charge in [-0.2, -0.15) is 13.2 Å². The Kier molecular flexibility index (Phi) is 4.13. The highest BCUT2D eigenvalue weighted by Gasteiger charge is 2.54. The lowest BCUT2D eigenvalue weighted by Gasteiger charge is -2.39. The smallest absolute Gasteiger partial charge is 0.417 e. The topological polar surface area (TPSA) is 60.8 Å². The summed E-state index contributed by atoms with van der Waals surface area (Å²) >= 11 is 0. The van der Waals surface area contributed by atoms with Crippen molar-refractivity contribution in [1.82, 2.24) is 4.90 Å². The summed E-state index contributed by atoms with van der Waals surface area (Å²) < 4.78 is 38.0. The van der Waals surface area contributed by atoms with Gasteiger partial charge in [0, 0.05) is 31.5 Å². The Bertz CT molecular complexity index is 522. The Balaban J connectivity index is 1.97. The van der Waals surface area contributed by atoms with Crippen LogP contribution in [0.5, 0.6) is 5.75 Å². The SMILES string of the molecule is O=C(Cc1ccccc1O)N1CCC(O)(C(F)(F)F)CC1. The largest absolute Gasteiger partial charge is 0.508 e. The molecule has 1 fully saturated rings. The van der Waals surface area contributed by atoms with Gasteiger partial charge in [0.2, 0.25) is 5.91 Å². The zero-order chi connectivity index (χ0) is 15.7. The molecule has 2 N–H and O–H groups in total. The maximum Gasteiger partial charge on any atom is 0.417 e. The molecule has 1 aromatic carbocycles. The standard InChI is InChI=1S/C14H16F3NO3/c15-14(16,17)13(21)5-7-18(8-6-13)12(20)9-10-3-1-2-4-11(10)19/h1-4,19,21H,5-9H2. The third kappa shape index (κ3) is 3.29. The summed E-state index contributed by atoms with van der Waals surface area (Å²) in [6, 6.07) is 6.32. The van der Waals surface area contributed by atoms with Crippen molar-refractivity contribution < 1.29 is 28.2 Å². The molecule has 1 amide bonds. The number of benzene rings is 1. The molecular formula is C14H16F3NO3. The maximum absolute atomic E-state index is 12.7. The third-order valence-corrected chi connectivity index (χ3v) is 3.80. The Labute approximate surface area is 119 Å². The third-order valence-electron chi connectivity index (χ3n) is 3.80. The lowest BCUT2D eigenvalue weighted by molar-refractivity contribution is -0.272. The highest BCUT2D eigenvalue weighted by molar-refractivity contribution is 5.79. The van der Waals surface area contributed by atoms with Gasteiger partial charge in [-0.1, -0.05) is 18.2 Å². The van der Waals surface area contributed by atoms with Crippen molar-refractivity contribution in [3.05, 3.63) is 29.8 Å². The molecular weight excluding hydrogens is 287 g/mol. The number of alkyl halides is 3. The normalized spacial score (nSPS) is 18.6. The van der Waals surface area contributed by atoms with E-state index in [0.717, 1.165) is 0 Å². The van der Waals surface area contributed by atoms with Crippen LogP contribution in [-0.2, 0) is 11.2 Å². The molecule has 0 aromatic heterocycles. The van der Waals surface area contributed by atoms with E-state index in [1.54, 1.807) is 18.2 Å². The van der Waals surface area contributed by atoms with Crippen LogP contribution in [0.15, 0.2) is 24.3 Å². The summed E-state index contributed by atoms with van der Waals surface area (Å²) in [4.78, 5) is 13.3. The van der Waals surface area contributed by atoms with Crippen molar-refractivity contribution in [2.24, 2.45) is 0 Å². The highest BCUT2D eigenvalue weighted by atomic mass is 19.4. The monoisotopic (exact) mass is 303 g/mol. The number of amides is 1. The van der Waals surface area contributed by atoms with Gasteiger partial charge < -0.3 is 15.1 Å². The fourth-order valence-electron chi connectivity index (χ4n) is 2.34. The summed E-state index contributed by atoms with van der Waals surface area (Å²) in [6.07, 6.45) is -5.80. The lowest BCUT2D eigenvalue weighted by atomic mass is 9.90. The van der Waals surface area contributed by atoms with E-state index in [9.17, 15) is 28.2 Å². The molecule has 1 heterocycles. The van der Waals surface area contributed by atoms with E-state index in [1.165, 1.54) is 11.0 Å². The van der Waals surface area contributed by atoms with Gasteiger partial charge in [-0.15, -0.1) is 0 Å². The first-order valence-electron chi connectivity index (χ1n) is 6.57. The Morgan fingerprint density at radius 3 is 2.33 bits per heavy atom. The number of hydrogen-bond acceptors (Lipinski definition) is 3. The minimum absolute atomic E-state index is 0.0188. The average molecular weight is 303 g/mol. The van der Waals surface area contributed by atoms with Crippen LogP contribution >= 0.6 is 0 Å². The molecule has 4 nitrogen and oxygen atoms in total. The Morgan fingerprint density at radius 1 is 1.24 bits per heavy atom. The number of likely N-dealkylation sites (tertiary alicyclic amines) is 1. The molecule has 1 saturated heterocycles. The van der Waals surface area contributed by atoms with Crippen molar-refractivity contribution in [3.8, 4) is 5.75 Å². The van der Waals surface area contributed by atoms with Crippen molar-refractivity contribution >= 4 is 5.91 Å². The summed E-state index contributed by atoms with van der Waals surface area (Å²) in [6.45, 7) is -0.301. The summed E-state index contributed by atoms with van der Waals surface area (Å²) in [5.41, 5.74) is -2.28. The van der Waals surface area contributed by atoms with Crippen molar-refractivity contribution in [1.29, 1.82) is 0 Å². The van der Waals surface area contributed by atoms with Crippen LogP contribution < -0.4 is 0 Å². The molecule has 1 aromatic rings. The number of hydrogen-bond donors (Lipinski definition) is 2. The number of rotatable bonds is 2. The molecule has 0 spiro atoms.